The van der Waals surface area contributed by atoms with Crippen LogP contribution in [-0.4, -0.2) is 15.8 Å². The SMILES string of the molecule is Cc1c(CNC2CC2)cnn1CC1CCCC1. The number of nitrogens with one attached hydrogen (secondary N) is 1. The largest absolute Gasteiger partial charge is 0.310 e. The maximum absolute atomic E-state index is 4.55. The van der Waals surface area contributed by atoms with Crippen molar-refractivity contribution in [2.75, 3.05) is 0 Å². The van der Waals surface area contributed by atoms with E-state index in [1.807, 2.05) is 0 Å². The fraction of sp³-hybridized carbons (Fsp3) is 0.786. The molecule has 1 aromatic rings. The number of nitrogens with zero attached hydrogens (tertiary/aromatic N) is 2. The van der Waals surface area contributed by atoms with E-state index in [0.717, 1.165) is 25.0 Å². The summed E-state index contributed by atoms with van der Waals surface area (Å²) in [4.78, 5) is 0. The van der Waals surface area contributed by atoms with E-state index < -0.39 is 0 Å². The summed E-state index contributed by atoms with van der Waals surface area (Å²) in [5.74, 6) is 0.873. The van der Waals surface area contributed by atoms with Gasteiger partial charge in [-0.3, -0.25) is 4.68 Å². The van der Waals surface area contributed by atoms with Gasteiger partial charge in [0.05, 0.1) is 6.20 Å². The Morgan fingerprint density at radius 1 is 1.29 bits per heavy atom. The van der Waals surface area contributed by atoms with E-state index in [-0.39, 0.29) is 0 Å². The molecular weight excluding hydrogens is 210 g/mol. The van der Waals surface area contributed by atoms with Crippen molar-refractivity contribution in [1.82, 2.24) is 15.1 Å². The van der Waals surface area contributed by atoms with Crippen molar-refractivity contribution in [2.24, 2.45) is 5.92 Å². The first-order valence-corrected chi connectivity index (χ1v) is 7.07. The smallest absolute Gasteiger partial charge is 0.0537 e. The lowest BCUT2D eigenvalue weighted by Gasteiger charge is -2.11. The number of hydrogen-bond acceptors (Lipinski definition) is 2. The molecule has 1 aromatic heterocycles. The van der Waals surface area contributed by atoms with Crippen molar-refractivity contribution in [3.63, 3.8) is 0 Å². The monoisotopic (exact) mass is 233 g/mol. The fourth-order valence-corrected chi connectivity index (χ4v) is 2.82. The average molecular weight is 233 g/mol. The molecule has 2 fully saturated rings. The molecule has 3 rings (SSSR count). The zero-order valence-corrected chi connectivity index (χ0v) is 10.8. The van der Waals surface area contributed by atoms with Crippen molar-refractivity contribution in [3.05, 3.63) is 17.5 Å². The summed E-state index contributed by atoms with van der Waals surface area (Å²) in [6.07, 6.45) is 10.4. The predicted octanol–water partition coefficient (Wildman–Crippen LogP) is 2.63. The lowest BCUT2D eigenvalue weighted by Crippen LogP contribution is -2.16. The van der Waals surface area contributed by atoms with Crippen molar-refractivity contribution >= 4 is 0 Å². The molecule has 1 N–H and O–H groups in total. The molecule has 2 aliphatic rings. The van der Waals surface area contributed by atoms with E-state index in [1.165, 1.54) is 49.8 Å². The molecule has 0 aliphatic heterocycles. The third-order valence-corrected chi connectivity index (χ3v) is 4.27. The van der Waals surface area contributed by atoms with E-state index in [1.54, 1.807) is 0 Å². The zero-order chi connectivity index (χ0) is 11.7. The number of rotatable bonds is 5. The van der Waals surface area contributed by atoms with Gasteiger partial charge in [0, 0.05) is 30.4 Å². The standard InChI is InChI=1S/C14H23N3/c1-11-13(8-15-14-6-7-14)9-16-17(11)10-12-4-2-3-5-12/h9,12,14-15H,2-8,10H2,1H3. The number of aromatic nitrogens is 2. The minimum atomic E-state index is 0.785. The van der Waals surface area contributed by atoms with Gasteiger partial charge in [0.25, 0.3) is 0 Å². The van der Waals surface area contributed by atoms with Gasteiger partial charge in [-0.2, -0.15) is 5.10 Å². The van der Waals surface area contributed by atoms with Crippen LogP contribution in [0.5, 0.6) is 0 Å². The first-order chi connectivity index (χ1) is 8.33. The molecule has 2 saturated carbocycles. The van der Waals surface area contributed by atoms with Gasteiger partial charge in [-0.25, -0.2) is 0 Å². The highest BCUT2D eigenvalue weighted by atomic mass is 15.3. The Kier molecular flexibility index (Phi) is 3.19. The van der Waals surface area contributed by atoms with Crippen LogP contribution in [0.25, 0.3) is 0 Å². The third-order valence-electron chi connectivity index (χ3n) is 4.27. The number of hydrogen-bond donors (Lipinski definition) is 1. The highest BCUT2D eigenvalue weighted by molar-refractivity contribution is 5.16. The molecule has 0 atom stereocenters. The van der Waals surface area contributed by atoms with Gasteiger partial charge in [-0.05, 0) is 38.5 Å². The topological polar surface area (TPSA) is 29.9 Å². The second-order valence-corrected chi connectivity index (χ2v) is 5.74. The molecular formula is C14H23N3. The Balaban J connectivity index is 1.59. The van der Waals surface area contributed by atoms with Crippen LogP contribution in [0.2, 0.25) is 0 Å². The quantitative estimate of drug-likeness (QED) is 0.847. The minimum absolute atomic E-state index is 0.785. The van der Waals surface area contributed by atoms with Gasteiger partial charge < -0.3 is 5.32 Å². The van der Waals surface area contributed by atoms with Gasteiger partial charge in [0.15, 0.2) is 0 Å². The van der Waals surface area contributed by atoms with Crippen LogP contribution in [-0.2, 0) is 13.1 Å². The third kappa shape index (κ3) is 2.71. The van der Waals surface area contributed by atoms with Crippen LogP contribution < -0.4 is 5.32 Å². The second-order valence-electron chi connectivity index (χ2n) is 5.74. The van der Waals surface area contributed by atoms with Crippen molar-refractivity contribution < 1.29 is 0 Å². The molecule has 0 radical (unpaired) electrons. The van der Waals surface area contributed by atoms with E-state index in [2.05, 4.69) is 28.2 Å². The molecule has 3 heteroatoms. The Morgan fingerprint density at radius 3 is 2.76 bits per heavy atom. The highest BCUT2D eigenvalue weighted by Gasteiger charge is 2.21. The van der Waals surface area contributed by atoms with Gasteiger partial charge >= 0.3 is 0 Å². The normalized spacial score (nSPS) is 21.2. The summed E-state index contributed by atoms with van der Waals surface area (Å²) >= 11 is 0. The predicted molar refractivity (Wildman–Crippen MR) is 68.8 cm³/mol. The van der Waals surface area contributed by atoms with Crippen LogP contribution in [0, 0.1) is 12.8 Å². The first kappa shape index (κ1) is 11.3. The van der Waals surface area contributed by atoms with Crippen LogP contribution in [0.4, 0.5) is 0 Å². The summed E-state index contributed by atoms with van der Waals surface area (Å²) in [7, 11) is 0. The first-order valence-electron chi connectivity index (χ1n) is 7.07. The Bertz CT molecular complexity index is 373. The Morgan fingerprint density at radius 2 is 2.06 bits per heavy atom. The van der Waals surface area contributed by atoms with Crippen molar-refractivity contribution in [3.8, 4) is 0 Å². The van der Waals surface area contributed by atoms with E-state index in [4.69, 9.17) is 0 Å². The molecule has 94 valence electrons. The fourth-order valence-electron chi connectivity index (χ4n) is 2.82. The van der Waals surface area contributed by atoms with Crippen LogP contribution in [0.15, 0.2) is 6.20 Å². The second kappa shape index (κ2) is 4.81. The van der Waals surface area contributed by atoms with E-state index in [9.17, 15) is 0 Å². The molecule has 17 heavy (non-hydrogen) atoms. The highest BCUT2D eigenvalue weighted by Crippen LogP contribution is 2.26. The Labute approximate surface area is 104 Å². The lowest BCUT2D eigenvalue weighted by atomic mass is 10.1. The molecule has 3 nitrogen and oxygen atoms in total. The lowest BCUT2D eigenvalue weighted by molar-refractivity contribution is 0.422. The van der Waals surface area contributed by atoms with Crippen LogP contribution in [0.3, 0.4) is 0 Å². The molecule has 0 spiro atoms. The summed E-state index contributed by atoms with van der Waals surface area (Å²) in [6, 6.07) is 0.785. The zero-order valence-electron chi connectivity index (χ0n) is 10.8. The Hall–Kier alpha value is -0.830. The van der Waals surface area contributed by atoms with Crippen molar-refractivity contribution in [1.29, 1.82) is 0 Å². The molecule has 0 amide bonds. The maximum atomic E-state index is 4.55. The minimum Gasteiger partial charge on any atom is -0.310 e. The summed E-state index contributed by atoms with van der Waals surface area (Å²) < 4.78 is 2.22. The molecule has 0 bridgehead atoms. The average Bonchev–Trinajstić information content (AvgIpc) is 2.90. The van der Waals surface area contributed by atoms with Crippen LogP contribution in [0.1, 0.15) is 49.8 Å². The van der Waals surface area contributed by atoms with Gasteiger partial charge in [0.1, 0.15) is 0 Å². The van der Waals surface area contributed by atoms with Gasteiger partial charge in [-0.15, -0.1) is 0 Å². The van der Waals surface area contributed by atoms with Crippen molar-refractivity contribution in [2.45, 2.75) is 64.6 Å². The summed E-state index contributed by atoms with van der Waals surface area (Å²) in [6.45, 7) is 4.35. The summed E-state index contributed by atoms with van der Waals surface area (Å²) in [5, 5.41) is 8.12. The molecule has 1 heterocycles. The van der Waals surface area contributed by atoms with Crippen LogP contribution >= 0.6 is 0 Å². The van der Waals surface area contributed by atoms with Gasteiger partial charge in [-0.1, -0.05) is 12.8 Å². The molecule has 0 unspecified atom stereocenters. The molecule has 0 aromatic carbocycles. The molecule has 0 saturated heterocycles. The van der Waals surface area contributed by atoms with Gasteiger partial charge in [0.2, 0.25) is 0 Å². The van der Waals surface area contributed by atoms with E-state index in [0.29, 0.717) is 0 Å². The van der Waals surface area contributed by atoms with E-state index >= 15 is 0 Å². The maximum Gasteiger partial charge on any atom is 0.0537 e. The molecule has 2 aliphatic carbocycles. The summed E-state index contributed by atoms with van der Waals surface area (Å²) in [5.41, 5.74) is 2.75.